The molecular formula is C22H26N2O. The first-order valence-electron chi connectivity index (χ1n) is 9.56. The highest BCUT2D eigenvalue weighted by molar-refractivity contribution is 5.85. The maximum Gasteiger partial charge on any atom is 0.157 e. The number of fused-ring (bicyclic) bond motifs is 4. The number of aromatic nitrogens is 1. The lowest BCUT2D eigenvalue weighted by Gasteiger charge is -2.45. The van der Waals surface area contributed by atoms with E-state index in [0.717, 1.165) is 5.58 Å². The number of para-hydroxylation sites is 1. The predicted molar refractivity (Wildman–Crippen MR) is 102 cm³/mol. The number of furan rings is 1. The molecule has 3 heteroatoms. The van der Waals surface area contributed by atoms with E-state index < -0.39 is 0 Å². The average Bonchev–Trinajstić information content (AvgIpc) is 3.25. The first-order valence-corrected chi connectivity index (χ1v) is 9.56. The fourth-order valence-corrected chi connectivity index (χ4v) is 5.62. The van der Waals surface area contributed by atoms with E-state index in [1.165, 1.54) is 60.1 Å². The lowest BCUT2D eigenvalue weighted by Crippen LogP contribution is -2.44. The third kappa shape index (κ3) is 1.81. The summed E-state index contributed by atoms with van der Waals surface area (Å²) in [4.78, 5) is 2.72. The molecule has 2 aliphatic rings. The Balaban J connectivity index is 1.81. The molecule has 1 spiro atoms. The number of nitrogens with zero attached hydrogens (tertiary/aromatic N) is 2. The van der Waals surface area contributed by atoms with Crippen LogP contribution in [0.5, 0.6) is 0 Å². The molecule has 1 atom stereocenters. The number of benzene rings is 1. The molecule has 3 nitrogen and oxygen atoms in total. The summed E-state index contributed by atoms with van der Waals surface area (Å²) in [5.74, 6) is 0. The van der Waals surface area contributed by atoms with Crippen LogP contribution in [0.25, 0.3) is 11.1 Å². The summed E-state index contributed by atoms with van der Waals surface area (Å²) < 4.78 is 8.39. The Kier molecular flexibility index (Phi) is 3.13. The third-order valence-electron chi connectivity index (χ3n) is 6.62. The SMILES string of the molecule is Cc1ccccc1N1C(C)c2c(c3occc3n2C)C12CCCCC2. The molecule has 1 aliphatic carbocycles. The quantitative estimate of drug-likeness (QED) is 0.559. The zero-order chi connectivity index (χ0) is 17.2. The maximum atomic E-state index is 6.02. The Morgan fingerprint density at radius 1 is 1.08 bits per heavy atom. The van der Waals surface area contributed by atoms with Gasteiger partial charge in [0.25, 0.3) is 0 Å². The van der Waals surface area contributed by atoms with Crippen molar-refractivity contribution < 1.29 is 4.42 Å². The van der Waals surface area contributed by atoms with Crippen LogP contribution < -0.4 is 4.90 Å². The molecule has 1 aromatic carbocycles. The van der Waals surface area contributed by atoms with Crippen LogP contribution in [0.15, 0.2) is 41.0 Å². The van der Waals surface area contributed by atoms with E-state index in [4.69, 9.17) is 4.42 Å². The highest BCUT2D eigenvalue weighted by atomic mass is 16.3. The van der Waals surface area contributed by atoms with Crippen LogP contribution >= 0.6 is 0 Å². The second-order valence-corrected chi connectivity index (χ2v) is 7.88. The van der Waals surface area contributed by atoms with Gasteiger partial charge in [0.2, 0.25) is 0 Å². The minimum Gasteiger partial charge on any atom is -0.462 e. The van der Waals surface area contributed by atoms with Gasteiger partial charge >= 0.3 is 0 Å². The summed E-state index contributed by atoms with van der Waals surface area (Å²) in [5.41, 5.74) is 8.09. The van der Waals surface area contributed by atoms with Crippen molar-refractivity contribution in [3.05, 3.63) is 53.4 Å². The normalized spacial score (nSPS) is 22.0. The maximum absolute atomic E-state index is 6.02. The van der Waals surface area contributed by atoms with Gasteiger partial charge in [-0.1, -0.05) is 37.5 Å². The highest BCUT2D eigenvalue weighted by Gasteiger charge is 2.53. The second-order valence-electron chi connectivity index (χ2n) is 7.88. The second kappa shape index (κ2) is 5.17. The Bertz CT molecular complexity index is 942. The Hall–Kier alpha value is -2.16. The Morgan fingerprint density at radius 2 is 1.84 bits per heavy atom. The zero-order valence-electron chi connectivity index (χ0n) is 15.4. The summed E-state index contributed by atoms with van der Waals surface area (Å²) in [5, 5.41) is 0. The standard InChI is InChI=1S/C22H26N2O/c1-15-9-5-6-10-17(15)24-16(2)20-19(22(24)12-7-4-8-13-22)21-18(23(20)3)11-14-25-21/h5-6,9-11,14,16H,4,7-8,12-13H2,1-3H3. The molecule has 3 aromatic rings. The highest BCUT2D eigenvalue weighted by Crippen LogP contribution is 2.58. The summed E-state index contributed by atoms with van der Waals surface area (Å²) in [6.07, 6.45) is 8.23. The molecule has 0 radical (unpaired) electrons. The molecule has 1 fully saturated rings. The van der Waals surface area contributed by atoms with E-state index >= 15 is 0 Å². The summed E-state index contributed by atoms with van der Waals surface area (Å²) in [6.45, 7) is 4.61. The molecule has 3 heterocycles. The van der Waals surface area contributed by atoms with E-state index in [-0.39, 0.29) is 5.54 Å². The third-order valence-corrected chi connectivity index (χ3v) is 6.62. The van der Waals surface area contributed by atoms with E-state index in [0.29, 0.717) is 6.04 Å². The Labute approximate surface area is 149 Å². The van der Waals surface area contributed by atoms with E-state index in [1.54, 1.807) is 0 Å². The number of rotatable bonds is 1. The van der Waals surface area contributed by atoms with Gasteiger partial charge in [-0.15, -0.1) is 0 Å². The van der Waals surface area contributed by atoms with Crippen molar-refractivity contribution in [2.45, 2.75) is 57.5 Å². The molecule has 0 bridgehead atoms. The topological polar surface area (TPSA) is 21.3 Å². The van der Waals surface area contributed by atoms with Crippen molar-refractivity contribution in [3.63, 3.8) is 0 Å². The molecule has 1 aliphatic heterocycles. The number of hydrogen-bond acceptors (Lipinski definition) is 2. The minimum atomic E-state index is 0.0798. The van der Waals surface area contributed by atoms with Crippen LogP contribution in [0.1, 0.15) is 61.9 Å². The molecule has 25 heavy (non-hydrogen) atoms. The van der Waals surface area contributed by atoms with Crippen LogP contribution in [0.2, 0.25) is 0 Å². The number of hydrogen-bond donors (Lipinski definition) is 0. The monoisotopic (exact) mass is 334 g/mol. The van der Waals surface area contributed by atoms with Crippen LogP contribution in [0.3, 0.4) is 0 Å². The molecular weight excluding hydrogens is 308 g/mol. The van der Waals surface area contributed by atoms with Gasteiger partial charge in [-0.3, -0.25) is 0 Å². The molecule has 0 amide bonds. The van der Waals surface area contributed by atoms with Crippen molar-refractivity contribution in [1.82, 2.24) is 4.57 Å². The van der Waals surface area contributed by atoms with Crippen LogP contribution in [0, 0.1) is 6.92 Å². The van der Waals surface area contributed by atoms with E-state index in [2.05, 4.69) is 60.7 Å². The first kappa shape index (κ1) is 15.1. The van der Waals surface area contributed by atoms with E-state index in [9.17, 15) is 0 Å². The summed E-state index contributed by atoms with van der Waals surface area (Å²) in [7, 11) is 2.20. The number of aryl methyl sites for hydroxylation is 2. The Morgan fingerprint density at radius 3 is 2.60 bits per heavy atom. The van der Waals surface area contributed by atoms with Gasteiger partial charge in [0.1, 0.15) is 0 Å². The first-order chi connectivity index (χ1) is 12.1. The number of anilines is 1. The lowest BCUT2D eigenvalue weighted by atomic mass is 9.77. The van der Waals surface area contributed by atoms with Crippen molar-refractivity contribution >= 4 is 16.8 Å². The van der Waals surface area contributed by atoms with Gasteiger partial charge in [0.15, 0.2) is 5.58 Å². The zero-order valence-corrected chi connectivity index (χ0v) is 15.4. The van der Waals surface area contributed by atoms with Gasteiger partial charge in [0, 0.05) is 30.1 Å². The van der Waals surface area contributed by atoms with Crippen LogP contribution in [0.4, 0.5) is 5.69 Å². The molecule has 0 N–H and O–H groups in total. The van der Waals surface area contributed by atoms with Gasteiger partial charge < -0.3 is 13.9 Å². The van der Waals surface area contributed by atoms with Crippen LogP contribution in [-0.4, -0.2) is 4.57 Å². The van der Waals surface area contributed by atoms with Crippen LogP contribution in [-0.2, 0) is 12.6 Å². The molecule has 2 aromatic heterocycles. The van der Waals surface area contributed by atoms with Crippen molar-refractivity contribution in [2.75, 3.05) is 4.90 Å². The minimum absolute atomic E-state index is 0.0798. The van der Waals surface area contributed by atoms with E-state index in [1.807, 2.05) is 6.26 Å². The fraction of sp³-hybridized carbons (Fsp3) is 0.455. The van der Waals surface area contributed by atoms with Crippen molar-refractivity contribution in [3.8, 4) is 0 Å². The average molecular weight is 334 g/mol. The summed E-state index contributed by atoms with van der Waals surface area (Å²) >= 11 is 0. The molecule has 0 saturated heterocycles. The predicted octanol–water partition coefficient (Wildman–Crippen LogP) is 5.82. The van der Waals surface area contributed by atoms with Gasteiger partial charge in [-0.25, -0.2) is 0 Å². The molecule has 130 valence electrons. The van der Waals surface area contributed by atoms with Crippen molar-refractivity contribution in [1.29, 1.82) is 0 Å². The van der Waals surface area contributed by atoms with Gasteiger partial charge in [-0.05, 0) is 38.3 Å². The molecule has 1 unspecified atom stereocenters. The van der Waals surface area contributed by atoms with Gasteiger partial charge in [0.05, 0.1) is 23.4 Å². The molecule has 5 rings (SSSR count). The largest absolute Gasteiger partial charge is 0.462 e. The lowest BCUT2D eigenvalue weighted by molar-refractivity contribution is 0.283. The van der Waals surface area contributed by atoms with Crippen molar-refractivity contribution in [2.24, 2.45) is 7.05 Å². The van der Waals surface area contributed by atoms with Gasteiger partial charge in [-0.2, -0.15) is 0 Å². The smallest absolute Gasteiger partial charge is 0.157 e. The fourth-order valence-electron chi connectivity index (χ4n) is 5.62. The molecule has 1 saturated carbocycles. The summed E-state index contributed by atoms with van der Waals surface area (Å²) in [6, 6.07) is 11.3.